The van der Waals surface area contributed by atoms with E-state index in [1.165, 1.54) is 6.42 Å². The molecule has 9 heteroatoms. The van der Waals surface area contributed by atoms with Crippen LogP contribution in [0.5, 0.6) is 5.75 Å². The van der Waals surface area contributed by atoms with Crippen molar-refractivity contribution < 1.29 is 32.6 Å². The molecule has 170 valence electrons. The number of halogens is 3. The van der Waals surface area contributed by atoms with Crippen molar-refractivity contribution in [2.45, 2.75) is 26.4 Å². The van der Waals surface area contributed by atoms with Crippen molar-refractivity contribution in [2.24, 2.45) is 11.7 Å². The normalized spacial score (nSPS) is 10.9. The zero-order valence-electron chi connectivity index (χ0n) is 17.4. The number of hydrogen-bond acceptors (Lipinski definition) is 4. The molecule has 0 saturated heterocycles. The van der Waals surface area contributed by atoms with Gasteiger partial charge in [0.1, 0.15) is 12.4 Å². The fraction of sp³-hybridized carbons (Fsp3) is 0.364. The highest BCUT2D eigenvalue weighted by molar-refractivity contribution is 5.94. The molecule has 0 spiro atoms. The first-order chi connectivity index (χ1) is 14.5. The van der Waals surface area contributed by atoms with E-state index in [2.05, 4.69) is 19.2 Å². The second-order valence-corrected chi connectivity index (χ2v) is 7.05. The average molecular weight is 440 g/mol. The summed E-state index contributed by atoms with van der Waals surface area (Å²) in [7, 11) is 0. The lowest BCUT2D eigenvalue weighted by molar-refractivity contribution is -0.192. The van der Waals surface area contributed by atoms with Crippen molar-refractivity contribution in [1.82, 2.24) is 5.32 Å². The topological polar surface area (TPSA) is 102 Å². The van der Waals surface area contributed by atoms with Crippen LogP contribution in [0.15, 0.2) is 48.5 Å². The monoisotopic (exact) mass is 440 g/mol. The number of aliphatic carboxylic acids is 1. The SMILES string of the molecule is CC(C)CCNCCOc1ccc(-c2cccc(C(N)=O)c2)cc1.O=C(O)C(F)(F)F. The number of alkyl halides is 3. The molecule has 0 saturated carbocycles. The molecular formula is C22H27F3N2O4. The van der Waals surface area contributed by atoms with E-state index in [-0.39, 0.29) is 0 Å². The number of amides is 1. The average Bonchev–Trinajstić information content (AvgIpc) is 2.70. The number of nitrogens with one attached hydrogen (secondary N) is 1. The van der Waals surface area contributed by atoms with Crippen LogP contribution in [-0.2, 0) is 4.79 Å². The highest BCUT2D eigenvalue weighted by Crippen LogP contribution is 2.23. The number of nitrogens with two attached hydrogens (primary N) is 1. The maximum atomic E-state index is 11.3. The van der Waals surface area contributed by atoms with Crippen molar-refractivity contribution in [2.75, 3.05) is 19.7 Å². The molecule has 0 bridgehead atoms. The number of carboxylic acid groups (broad SMARTS) is 1. The molecule has 2 aromatic carbocycles. The summed E-state index contributed by atoms with van der Waals surface area (Å²) < 4.78 is 37.5. The third kappa shape index (κ3) is 10.5. The summed E-state index contributed by atoms with van der Waals surface area (Å²) in [6.07, 6.45) is -3.90. The number of carbonyl (C=O) groups is 2. The minimum Gasteiger partial charge on any atom is -0.492 e. The van der Waals surface area contributed by atoms with E-state index < -0.39 is 18.1 Å². The number of carbonyl (C=O) groups excluding carboxylic acids is 1. The molecule has 0 aromatic heterocycles. The van der Waals surface area contributed by atoms with Gasteiger partial charge in [0.25, 0.3) is 0 Å². The summed E-state index contributed by atoms with van der Waals surface area (Å²) in [4.78, 5) is 20.2. The largest absolute Gasteiger partial charge is 0.492 e. The fourth-order valence-corrected chi connectivity index (χ4v) is 2.35. The highest BCUT2D eigenvalue weighted by Gasteiger charge is 2.38. The van der Waals surface area contributed by atoms with E-state index in [1.807, 2.05) is 36.4 Å². The van der Waals surface area contributed by atoms with Crippen molar-refractivity contribution in [3.63, 3.8) is 0 Å². The van der Waals surface area contributed by atoms with Gasteiger partial charge in [-0.2, -0.15) is 13.2 Å². The molecule has 2 aromatic rings. The van der Waals surface area contributed by atoms with E-state index in [0.29, 0.717) is 12.2 Å². The van der Waals surface area contributed by atoms with Gasteiger partial charge < -0.3 is 20.9 Å². The Balaban J connectivity index is 0.000000592. The molecule has 6 nitrogen and oxygen atoms in total. The van der Waals surface area contributed by atoms with E-state index in [0.717, 1.165) is 35.9 Å². The lowest BCUT2D eigenvalue weighted by Crippen LogP contribution is -2.22. The van der Waals surface area contributed by atoms with Crippen LogP contribution in [0, 0.1) is 5.92 Å². The highest BCUT2D eigenvalue weighted by atomic mass is 19.4. The van der Waals surface area contributed by atoms with E-state index in [9.17, 15) is 18.0 Å². The molecule has 0 unspecified atom stereocenters. The summed E-state index contributed by atoms with van der Waals surface area (Å²) in [6.45, 7) is 6.96. The molecule has 0 aliphatic heterocycles. The number of hydrogen-bond donors (Lipinski definition) is 3. The predicted molar refractivity (Wildman–Crippen MR) is 112 cm³/mol. The molecular weight excluding hydrogens is 413 g/mol. The maximum absolute atomic E-state index is 11.3. The smallest absolute Gasteiger partial charge is 0.490 e. The molecule has 2 rings (SSSR count). The first kappa shape index (κ1) is 26.0. The van der Waals surface area contributed by atoms with E-state index in [1.54, 1.807) is 12.1 Å². The van der Waals surface area contributed by atoms with Crippen molar-refractivity contribution in [3.05, 3.63) is 54.1 Å². The van der Waals surface area contributed by atoms with Gasteiger partial charge in [0, 0.05) is 12.1 Å². The number of ether oxygens (including phenoxy) is 1. The molecule has 31 heavy (non-hydrogen) atoms. The second kappa shape index (κ2) is 12.6. The van der Waals surface area contributed by atoms with Gasteiger partial charge in [0.05, 0.1) is 0 Å². The molecule has 0 aliphatic rings. The Morgan fingerprint density at radius 1 is 1.06 bits per heavy atom. The van der Waals surface area contributed by atoms with Crippen LogP contribution in [0.25, 0.3) is 11.1 Å². The van der Waals surface area contributed by atoms with Gasteiger partial charge in [-0.05, 0) is 54.3 Å². The standard InChI is InChI=1S/C20H26N2O2.C2HF3O2/c1-15(2)10-11-22-12-13-24-19-8-6-16(7-9-19)17-4-3-5-18(14-17)20(21)23;3-2(4,5)1(6)7/h3-9,14-15,22H,10-13H2,1-2H3,(H2,21,23);(H,6,7). The zero-order chi connectivity index (χ0) is 23.4. The number of primary amides is 1. The van der Waals surface area contributed by atoms with Crippen LogP contribution in [0.1, 0.15) is 30.6 Å². The summed E-state index contributed by atoms with van der Waals surface area (Å²) >= 11 is 0. The number of carboxylic acids is 1. The van der Waals surface area contributed by atoms with Gasteiger partial charge in [-0.15, -0.1) is 0 Å². The predicted octanol–water partition coefficient (Wildman–Crippen LogP) is 4.10. The third-order valence-electron chi connectivity index (χ3n) is 4.02. The zero-order valence-corrected chi connectivity index (χ0v) is 17.4. The molecule has 4 N–H and O–H groups in total. The van der Waals surface area contributed by atoms with Gasteiger partial charge in [0.2, 0.25) is 5.91 Å². The second-order valence-electron chi connectivity index (χ2n) is 7.05. The van der Waals surface area contributed by atoms with Crippen LogP contribution in [0.2, 0.25) is 0 Å². The quantitative estimate of drug-likeness (QED) is 0.510. The van der Waals surface area contributed by atoms with E-state index in [4.69, 9.17) is 20.4 Å². The van der Waals surface area contributed by atoms with Crippen LogP contribution in [-0.4, -0.2) is 42.9 Å². The van der Waals surface area contributed by atoms with Gasteiger partial charge in [0.15, 0.2) is 0 Å². The van der Waals surface area contributed by atoms with E-state index >= 15 is 0 Å². The first-order valence-electron chi connectivity index (χ1n) is 9.64. The van der Waals surface area contributed by atoms with Crippen LogP contribution in [0.3, 0.4) is 0 Å². The number of benzene rings is 2. The van der Waals surface area contributed by atoms with Gasteiger partial charge in [-0.25, -0.2) is 4.79 Å². The van der Waals surface area contributed by atoms with Gasteiger partial charge in [-0.1, -0.05) is 38.1 Å². The molecule has 0 aliphatic carbocycles. The summed E-state index contributed by atoms with van der Waals surface area (Å²) in [5, 5.41) is 10.5. The summed E-state index contributed by atoms with van der Waals surface area (Å²) in [6, 6.07) is 15.2. The Labute approximate surface area is 179 Å². The molecule has 0 heterocycles. The summed E-state index contributed by atoms with van der Waals surface area (Å²) in [5.74, 6) is -1.61. The van der Waals surface area contributed by atoms with Crippen LogP contribution >= 0.6 is 0 Å². The molecule has 0 fully saturated rings. The van der Waals surface area contributed by atoms with Crippen molar-refractivity contribution >= 4 is 11.9 Å². The van der Waals surface area contributed by atoms with Gasteiger partial charge in [-0.3, -0.25) is 4.79 Å². The summed E-state index contributed by atoms with van der Waals surface area (Å²) in [5.41, 5.74) is 7.83. The minimum atomic E-state index is -5.08. The Morgan fingerprint density at radius 2 is 1.68 bits per heavy atom. The Kier molecular flexibility index (Phi) is 10.5. The molecule has 0 radical (unpaired) electrons. The van der Waals surface area contributed by atoms with Crippen molar-refractivity contribution in [1.29, 1.82) is 0 Å². The lowest BCUT2D eigenvalue weighted by atomic mass is 10.0. The van der Waals surface area contributed by atoms with Crippen molar-refractivity contribution in [3.8, 4) is 16.9 Å². The maximum Gasteiger partial charge on any atom is 0.490 e. The third-order valence-corrected chi connectivity index (χ3v) is 4.02. The Hall–Kier alpha value is -3.07. The number of rotatable bonds is 9. The lowest BCUT2D eigenvalue weighted by Gasteiger charge is -2.09. The van der Waals surface area contributed by atoms with Gasteiger partial charge >= 0.3 is 12.1 Å². The minimum absolute atomic E-state index is 0.415. The van der Waals surface area contributed by atoms with Crippen LogP contribution < -0.4 is 15.8 Å². The Bertz CT molecular complexity index is 837. The first-order valence-corrected chi connectivity index (χ1v) is 9.64. The Morgan fingerprint density at radius 3 is 2.19 bits per heavy atom. The molecule has 1 amide bonds. The fourth-order valence-electron chi connectivity index (χ4n) is 2.35. The van der Waals surface area contributed by atoms with Crippen LogP contribution in [0.4, 0.5) is 13.2 Å². The molecule has 0 atom stereocenters.